The average molecular weight is 151 g/mol. The maximum atomic E-state index is 0. The second kappa shape index (κ2) is 15.8. The van der Waals surface area contributed by atoms with Gasteiger partial charge in [0, 0.05) is 154 Å². The molecule has 3 radical (unpaired) electrons. The molecular weight excluding hydrogens is 148 g/mol. The van der Waals surface area contributed by atoms with Crippen LogP contribution >= 0.6 is 9.90 Å². The smallest absolute Gasteiger partial charge is 0 e. The van der Waals surface area contributed by atoms with E-state index in [0.29, 0.717) is 0 Å². The van der Waals surface area contributed by atoms with Crippen molar-refractivity contribution in [3.8, 4) is 0 Å². The Hall–Kier alpha value is 5.34. The zero-order chi connectivity index (χ0) is 0. The summed E-state index contributed by atoms with van der Waals surface area (Å²) in [5.74, 6) is 0. The summed E-state index contributed by atoms with van der Waals surface area (Å²) >= 11 is 0. The zero-order valence-electron chi connectivity index (χ0n) is 3.71. The molecule has 4 heteroatoms. The standard InChI is InChI=1S/3K.H3P/h;;;1H3. The van der Waals surface area contributed by atoms with Gasteiger partial charge in [-0.3, -0.25) is 0 Å². The van der Waals surface area contributed by atoms with Gasteiger partial charge in [-0.1, -0.05) is 0 Å². The molecule has 0 aliphatic rings. The third-order valence-corrected chi connectivity index (χ3v) is 0. The number of rotatable bonds is 0. The van der Waals surface area contributed by atoms with Crippen molar-refractivity contribution >= 4 is 164 Å². The Morgan fingerprint density at radius 3 is 0.500 bits per heavy atom. The van der Waals surface area contributed by atoms with Gasteiger partial charge in [-0.2, -0.15) is 9.90 Å². The van der Waals surface area contributed by atoms with Crippen molar-refractivity contribution in [2.24, 2.45) is 0 Å². The largest absolute Gasteiger partial charge is 0.153 e. The van der Waals surface area contributed by atoms with Crippen LogP contribution in [-0.4, -0.2) is 154 Å². The van der Waals surface area contributed by atoms with Crippen LogP contribution in [0, 0.1) is 0 Å². The van der Waals surface area contributed by atoms with E-state index in [9.17, 15) is 0 Å². The molecule has 0 N–H and O–H groups in total. The second-order valence-corrected chi connectivity index (χ2v) is 0. The molecule has 0 amide bonds. The van der Waals surface area contributed by atoms with E-state index >= 15 is 0 Å². The molecule has 11 valence electrons. The Bertz CT molecular complexity index is 3.25. The topological polar surface area (TPSA) is 0 Å². The fourth-order valence-corrected chi connectivity index (χ4v) is 0. The maximum absolute atomic E-state index is 0. The van der Waals surface area contributed by atoms with Crippen molar-refractivity contribution in [2.45, 2.75) is 0 Å². The minimum Gasteiger partial charge on any atom is -0.153 e. The monoisotopic (exact) mass is 151 g/mol. The van der Waals surface area contributed by atoms with E-state index in [2.05, 4.69) is 0 Å². The van der Waals surface area contributed by atoms with Crippen molar-refractivity contribution in [2.75, 3.05) is 0 Å². The third kappa shape index (κ3) is 10.3. The van der Waals surface area contributed by atoms with Crippen molar-refractivity contribution in [1.29, 1.82) is 0 Å². The molecule has 1 unspecified atom stereocenters. The van der Waals surface area contributed by atoms with Gasteiger partial charge in [0.25, 0.3) is 0 Å². The van der Waals surface area contributed by atoms with Crippen LogP contribution in [0.3, 0.4) is 0 Å². The van der Waals surface area contributed by atoms with Crippen molar-refractivity contribution in [1.82, 2.24) is 0 Å². The van der Waals surface area contributed by atoms with Crippen LogP contribution in [0.1, 0.15) is 0 Å². The molecule has 0 nitrogen and oxygen atoms in total. The first kappa shape index (κ1) is 22.8. The molecule has 4 heavy (non-hydrogen) atoms. The number of hydrogen-bond donors (Lipinski definition) is 0. The molecule has 0 aromatic rings. The van der Waals surface area contributed by atoms with Crippen molar-refractivity contribution in [3.05, 3.63) is 0 Å². The van der Waals surface area contributed by atoms with Crippen LogP contribution in [0.15, 0.2) is 0 Å². The van der Waals surface area contributed by atoms with Crippen LogP contribution in [0.4, 0.5) is 0 Å². The first-order valence-corrected chi connectivity index (χ1v) is 0. The molecule has 0 fully saturated rings. The molecule has 1 atom stereocenters. The van der Waals surface area contributed by atoms with E-state index in [1.54, 1.807) is 0 Å². The summed E-state index contributed by atoms with van der Waals surface area (Å²) in [6.07, 6.45) is 0. The van der Waals surface area contributed by atoms with E-state index in [-0.39, 0.29) is 164 Å². The van der Waals surface area contributed by atoms with Crippen LogP contribution in [0.5, 0.6) is 0 Å². The van der Waals surface area contributed by atoms with Gasteiger partial charge in [0.15, 0.2) is 0 Å². The second-order valence-electron chi connectivity index (χ2n) is 0. The van der Waals surface area contributed by atoms with Gasteiger partial charge in [0.1, 0.15) is 0 Å². The SMILES string of the molecule is P.[K].[K].[K]. The Kier molecular flexibility index (Phi) is 89.7. The molecule has 0 aliphatic heterocycles. The molecule has 0 saturated heterocycles. The summed E-state index contributed by atoms with van der Waals surface area (Å²) < 4.78 is 0. The van der Waals surface area contributed by atoms with Gasteiger partial charge in [-0.25, -0.2) is 0 Å². The predicted octanol–water partition coefficient (Wildman–Crippen LogP) is -1.08. The minimum absolute atomic E-state index is 0. The van der Waals surface area contributed by atoms with Gasteiger partial charge < -0.3 is 0 Å². The summed E-state index contributed by atoms with van der Waals surface area (Å²) in [6.45, 7) is 0. The fourth-order valence-electron chi connectivity index (χ4n) is 0. The summed E-state index contributed by atoms with van der Waals surface area (Å²) in [6, 6.07) is 0. The summed E-state index contributed by atoms with van der Waals surface area (Å²) in [4.78, 5) is 0. The van der Waals surface area contributed by atoms with Crippen LogP contribution in [0.25, 0.3) is 0 Å². The van der Waals surface area contributed by atoms with Crippen molar-refractivity contribution < 1.29 is 0 Å². The quantitative estimate of drug-likeness (QED) is 0.305. The Morgan fingerprint density at radius 2 is 0.500 bits per heavy atom. The van der Waals surface area contributed by atoms with Gasteiger partial charge in [-0.15, -0.1) is 0 Å². The van der Waals surface area contributed by atoms with E-state index in [1.165, 1.54) is 0 Å². The number of hydrogen-bond acceptors (Lipinski definition) is 0. The van der Waals surface area contributed by atoms with E-state index in [1.807, 2.05) is 0 Å². The summed E-state index contributed by atoms with van der Waals surface area (Å²) in [7, 11) is 0. The van der Waals surface area contributed by atoms with E-state index < -0.39 is 0 Å². The van der Waals surface area contributed by atoms with Crippen LogP contribution in [-0.2, 0) is 0 Å². The van der Waals surface area contributed by atoms with Crippen LogP contribution in [0.2, 0.25) is 0 Å². The normalized spacial score (nSPS) is 0. The summed E-state index contributed by atoms with van der Waals surface area (Å²) in [5.41, 5.74) is 0. The molecular formula is H3K3P. The Balaban J connectivity index is 0. The molecule has 0 bridgehead atoms. The van der Waals surface area contributed by atoms with E-state index in [4.69, 9.17) is 0 Å². The van der Waals surface area contributed by atoms with Crippen molar-refractivity contribution in [3.63, 3.8) is 0 Å². The first-order chi connectivity index (χ1) is 0. The Morgan fingerprint density at radius 1 is 0.500 bits per heavy atom. The van der Waals surface area contributed by atoms with Crippen LogP contribution < -0.4 is 0 Å². The molecule has 0 heterocycles. The average Bonchev–Trinajstić information content (AvgIpc) is 0. The van der Waals surface area contributed by atoms with Gasteiger partial charge in [0.05, 0.1) is 0 Å². The first-order valence-electron chi connectivity index (χ1n) is 0. The molecule has 0 aromatic carbocycles. The van der Waals surface area contributed by atoms with Gasteiger partial charge in [-0.05, 0) is 0 Å². The molecule has 0 aliphatic carbocycles. The molecule has 0 aromatic heterocycles. The Labute approximate surface area is 158 Å². The molecule has 0 spiro atoms. The third-order valence-electron chi connectivity index (χ3n) is 0. The van der Waals surface area contributed by atoms with Gasteiger partial charge in [0.2, 0.25) is 0 Å². The minimum atomic E-state index is 0. The maximum Gasteiger partial charge on any atom is 0 e. The van der Waals surface area contributed by atoms with E-state index in [0.717, 1.165) is 0 Å². The zero-order valence-corrected chi connectivity index (χ0v) is 14.5. The molecule has 0 rings (SSSR count). The predicted molar refractivity (Wildman–Crippen MR) is 28.4 cm³/mol. The van der Waals surface area contributed by atoms with Gasteiger partial charge >= 0.3 is 0 Å². The summed E-state index contributed by atoms with van der Waals surface area (Å²) in [5, 5.41) is 0. The molecule has 0 saturated carbocycles. The fraction of sp³-hybridized carbons (Fsp3) is 0.